The minimum Gasteiger partial charge on any atom is -0.497 e. The van der Waals surface area contributed by atoms with Crippen LogP contribution < -0.4 is 19.5 Å². The van der Waals surface area contributed by atoms with Gasteiger partial charge in [0.15, 0.2) is 0 Å². The Bertz CT molecular complexity index is 1150. The lowest BCUT2D eigenvalue weighted by molar-refractivity contribution is 0.167. The summed E-state index contributed by atoms with van der Waals surface area (Å²) in [6.07, 6.45) is 1.84. The minimum atomic E-state index is -3.70. The fourth-order valence-corrected chi connectivity index (χ4v) is 4.82. The summed E-state index contributed by atoms with van der Waals surface area (Å²) in [5.74, 6) is 1.33. The Hall–Kier alpha value is -3.03. The molecule has 1 heterocycles. The number of methoxy groups -OCH3 is 1. The molecule has 0 saturated carbocycles. The molecule has 3 aromatic carbocycles. The highest BCUT2D eigenvalue weighted by atomic mass is 32.2. The topological polar surface area (TPSA) is 76.7 Å². The SMILES string of the molecule is COc1ccc(S(=O)(=O)Nc2ccc3c(c2)OC(CN[C@H](C)c2ccccc2)CC3)cc1. The van der Waals surface area contributed by atoms with E-state index in [1.54, 1.807) is 31.4 Å². The highest BCUT2D eigenvalue weighted by molar-refractivity contribution is 7.92. The van der Waals surface area contributed by atoms with Crippen LogP contribution >= 0.6 is 0 Å². The number of anilines is 1. The molecule has 0 amide bonds. The second kappa shape index (κ2) is 9.63. The van der Waals surface area contributed by atoms with Crippen LogP contribution in [0.3, 0.4) is 0 Å². The molecule has 6 nitrogen and oxygen atoms in total. The first kappa shape index (κ1) is 22.2. The fraction of sp³-hybridized carbons (Fsp3) is 0.280. The normalized spacial score (nSPS) is 16.5. The van der Waals surface area contributed by atoms with Crippen LogP contribution in [0, 0.1) is 0 Å². The van der Waals surface area contributed by atoms with Crippen molar-refractivity contribution in [1.29, 1.82) is 0 Å². The molecule has 1 unspecified atom stereocenters. The third-order valence-corrected chi connectivity index (χ3v) is 7.07. The first-order chi connectivity index (χ1) is 15.4. The van der Waals surface area contributed by atoms with E-state index in [1.807, 2.05) is 24.3 Å². The van der Waals surface area contributed by atoms with Crippen molar-refractivity contribution in [3.05, 3.63) is 83.9 Å². The van der Waals surface area contributed by atoms with Gasteiger partial charge >= 0.3 is 0 Å². The Labute approximate surface area is 189 Å². The van der Waals surface area contributed by atoms with Gasteiger partial charge in [0.25, 0.3) is 10.0 Å². The quantitative estimate of drug-likeness (QED) is 0.525. The van der Waals surface area contributed by atoms with Gasteiger partial charge in [0.1, 0.15) is 17.6 Å². The number of fused-ring (bicyclic) bond motifs is 1. The van der Waals surface area contributed by atoms with Crippen molar-refractivity contribution in [2.45, 2.75) is 36.8 Å². The van der Waals surface area contributed by atoms with Crippen LogP contribution in [0.5, 0.6) is 11.5 Å². The molecule has 2 atom stereocenters. The molecule has 0 aromatic heterocycles. The van der Waals surface area contributed by atoms with Gasteiger partial charge in [-0.15, -0.1) is 0 Å². The number of hydrogen-bond donors (Lipinski definition) is 2. The van der Waals surface area contributed by atoms with Gasteiger partial charge in [-0.25, -0.2) is 8.42 Å². The standard InChI is InChI=1S/C25H28N2O4S/c1-18(19-6-4-3-5-7-19)26-17-23-11-9-20-8-10-21(16-25(20)31-23)27-32(28,29)24-14-12-22(30-2)13-15-24/h3-8,10,12-16,18,23,26-27H,9,11,17H2,1-2H3/t18-,23?/m1/s1. The van der Waals surface area contributed by atoms with Crippen molar-refractivity contribution < 1.29 is 17.9 Å². The van der Waals surface area contributed by atoms with Crippen molar-refractivity contribution in [3.63, 3.8) is 0 Å². The van der Waals surface area contributed by atoms with E-state index in [4.69, 9.17) is 9.47 Å². The molecule has 1 aliphatic heterocycles. The van der Waals surface area contributed by atoms with Gasteiger partial charge in [0, 0.05) is 18.7 Å². The van der Waals surface area contributed by atoms with E-state index >= 15 is 0 Å². The lowest BCUT2D eigenvalue weighted by atomic mass is 10.0. The maximum Gasteiger partial charge on any atom is 0.261 e. The van der Waals surface area contributed by atoms with Crippen LogP contribution in [-0.2, 0) is 16.4 Å². The first-order valence-electron chi connectivity index (χ1n) is 10.7. The highest BCUT2D eigenvalue weighted by Crippen LogP contribution is 2.31. The average molecular weight is 453 g/mol. The lowest BCUT2D eigenvalue weighted by Gasteiger charge is -2.28. The van der Waals surface area contributed by atoms with Crippen molar-refractivity contribution in [1.82, 2.24) is 5.32 Å². The molecule has 0 bridgehead atoms. The van der Waals surface area contributed by atoms with Crippen LogP contribution in [0.2, 0.25) is 0 Å². The third kappa shape index (κ3) is 5.23. The number of ether oxygens (including phenoxy) is 2. The lowest BCUT2D eigenvalue weighted by Crippen LogP contribution is -2.35. The molecule has 1 aliphatic rings. The summed E-state index contributed by atoms with van der Waals surface area (Å²) in [7, 11) is -2.16. The predicted octanol–water partition coefficient (Wildman–Crippen LogP) is 4.54. The molecular weight excluding hydrogens is 424 g/mol. The van der Waals surface area contributed by atoms with E-state index in [2.05, 4.69) is 29.1 Å². The number of sulfonamides is 1. The maximum atomic E-state index is 12.7. The number of rotatable bonds is 8. The predicted molar refractivity (Wildman–Crippen MR) is 126 cm³/mol. The van der Waals surface area contributed by atoms with Crippen molar-refractivity contribution in [2.24, 2.45) is 0 Å². The van der Waals surface area contributed by atoms with Gasteiger partial charge in [0.2, 0.25) is 0 Å². The van der Waals surface area contributed by atoms with E-state index in [9.17, 15) is 8.42 Å². The van der Waals surface area contributed by atoms with Crippen LogP contribution in [0.4, 0.5) is 5.69 Å². The summed E-state index contributed by atoms with van der Waals surface area (Å²) >= 11 is 0. The Morgan fingerprint density at radius 1 is 1.06 bits per heavy atom. The van der Waals surface area contributed by atoms with Crippen molar-refractivity contribution in [2.75, 3.05) is 18.4 Å². The van der Waals surface area contributed by atoms with Crippen molar-refractivity contribution in [3.8, 4) is 11.5 Å². The molecule has 7 heteroatoms. The Balaban J connectivity index is 1.41. The molecule has 2 N–H and O–H groups in total. The number of nitrogens with one attached hydrogen (secondary N) is 2. The summed E-state index contributed by atoms with van der Waals surface area (Å²) in [5, 5.41) is 3.54. The van der Waals surface area contributed by atoms with Crippen LogP contribution in [0.25, 0.3) is 0 Å². The summed E-state index contributed by atoms with van der Waals surface area (Å²) < 4.78 is 39.4. The molecule has 0 saturated heterocycles. The van der Waals surface area contributed by atoms with Gasteiger partial charge in [-0.05, 0) is 61.2 Å². The zero-order chi connectivity index (χ0) is 22.6. The Kier molecular flexibility index (Phi) is 6.67. The summed E-state index contributed by atoms with van der Waals surface area (Å²) in [4.78, 5) is 0.175. The third-order valence-electron chi connectivity index (χ3n) is 5.67. The highest BCUT2D eigenvalue weighted by Gasteiger charge is 2.22. The maximum absolute atomic E-state index is 12.7. The van der Waals surface area contributed by atoms with E-state index in [1.165, 1.54) is 17.7 Å². The van der Waals surface area contributed by atoms with E-state index in [0.717, 1.165) is 30.7 Å². The Morgan fingerprint density at radius 3 is 2.53 bits per heavy atom. The molecule has 4 rings (SSSR count). The zero-order valence-corrected chi connectivity index (χ0v) is 19.1. The van der Waals surface area contributed by atoms with E-state index < -0.39 is 10.0 Å². The first-order valence-corrected chi connectivity index (χ1v) is 12.2. The number of aryl methyl sites for hydroxylation is 1. The van der Waals surface area contributed by atoms with E-state index in [0.29, 0.717) is 11.4 Å². The monoisotopic (exact) mass is 452 g/mol. The minimum absolute atomic E-state index is 0.0297. The summed E-state index contributed by atoms with van der Waals surface area (Å²) in [6.45, 7) is 2.86. The Morgan fingerprint density at radius 2 is 1.81 bits per heavy atom. The second-order valence-electron chi connectivity index (χ2n) is 7.92. The smallest absolute Gasteiger partial charge is 0.261 e. The van der Waals surface area contributed by atoms with Crippen LogP contribution in [-0.4, -0.2) is 28.2 Å². The average Bonchev–Trinajstić information content (AvgIpc) is 2.82. The van der Waals surface area contributed by atoms with Gasteiger partial charge in [0.05, 0.1) is 17.7 Å². The molecule has 0 aliphatic carbocycles. The van der Waals surface area contributed by atoms with Crippen molar-refractivity contribution >= 4 is 15.7 Å². The fourth-order valence-electron chi connectivity index (χ4n) is 3.77. The summed E-state index contributed by atoms with van der Waals surface area (Å²) in [5.41, 5.74) is 2.80. The van der Waals surface area contributed by atoms with Gasteiger partial charge in [-0.1, -0.05) is 36.4 Å². The van der Waals surface area contributed by atoms with Gasteiger partial charge in [-0.2, -0.15) is 0 Å². The molecule has 0 radical (unpaired) electrons. The summed E-state index contributed by atoms with van der Waals surface area (Å²) in [6, 6.07) is 22.3. The second-order valence-corrected chi connectivity index (χ2v) is 9.61. The molecule has 0 spiro atoms. The largest absolute Gasteiger partial charge is 0.497 e. The van der Waals surface area contributed by atoms with Crippen LogP contribution in [0.15, 0.2) is 77.7 Å². The molecular formula is C25H28N2O4S. The molecule has 168 valence electrons. The van der Waals surface area contributed by atoms with E-state index in [-0.39, 0.29) is 17.0 Å². The molecule has 0 fully saturated rings. The van der Waals surface area contributed by atoms with Gasteiger partial charge < -0.3 is 14.8 Å². The molecule has 32 heavy (non-hydrogen) atoms. The van der Waals surface area contributed by atoms with Gasteiger partial charge in [-0.3, -0.25) is 4.72 Å². The molecule has 3 aromatic rings. The number of benzene rings is 3. The zero-order valence-electron chi connectivity index (χ0n) is 18.2. The van der Waals surface area contributed by atoms with Crippen LogP contribution in [0.1, 0.15) is 30.5 Å². The number of hydrogen-bond acceptors (Lipinski definition) is 5.